The quantitative estimate of drug-likeness (QED) is 0.480. The van der Waals surface area contributed by atoms with Gasteiger partial charge in [-0.05, 0) is 36.1 Å². The van der Waals surface area contributed by atoms with Crippen molar-refractivity contribution in [3.05, 3.63) is 45.1 Å². The van der Waals surface area contributed by atoms with Crippen molar-refractivity contribution in [3.63, 3.8) is 0 Å². The molecular formula is C19H21BrClN3O2S2. The van der Waals surface area contributed by atoms with Crippen LogP contribution in [0.1, 0.15) is 16.1 Å². The van der Waals surface area contributed by atoms with Crippen LogP contribution < -0.4 is 4.90 Å². The third-order valence-electron chi connectivity index (χ3n) is 4.51. The van der Waals surface area contributed by atoms with Crippen molar-refractivity contribution in [1.82, 2.24) is 9.88 Å². The average molecular weight is 503 g/mol. The Morgan fingerprint density at radius 2 is 2.11 bits per heavy atom. The molecule has 0 saturated carbocycles. The topological polar surface area (TPSA) is 45.7 Å². The molecule has 3 heterocycles. The molecule has 0 spiro atoms. The van der Waals surface area contributed by atoms with Crippen molar-refractivity contribution >= 4 is 72.3 Å². The number of thiazole rings is 1. The van der Waals surface area contributed by atoms with E-state index < -0.39 is 0 Å². The standard InChI is InChI=1S/C19H20BrN3O2S2.ClH/c20-14-4-5-15-17(13-14)27-19(21-15)23(18(24)16-3-1-12-26-16)7-2-6-22-8-10-25-11-9-22;/h1,3-5,12-13H,2,6-11H2;1H. The van der Waals surface area contributed by atoms with Crippen molar-refractivity contribution in [2.45, 2.75) is 6.42 Å². The summed E-state index contributed by atoms with van der Waals surface area (Å²) in [5, 5.41) is 2.71. The third kappa shape index (κ3) is 5.11. The van der Waals surface area contributed by atoms with Crippen molar-refractivity contribution < 1.29 is 9.53 Å². The molecule has 0 unspecified atom stereocenters. The number of carbonyl (C=O) groups is 1. The number of morpholine rings is 1. The van der Waals surface area contributed by atoms with Crippen LogP contribution in [-0.4, -0.2) is 55.2 Å². The number of benzene rings is 1. The molecule has 0 N–H and O–H groups in total. The van der Waals surface area contributed by atoms with Crippen molar-refractivity contribution in [1.29, 1.82) is 0 Å². The van der Waals surface area contributed by atoms with E-state index in [1.807, 2.05) is 34.5 Å². The van der Waals surface area contributed by atoms with Gasteiger partial charge < -0.3 is 4.74 Å². The Hall–Kier alpha value is -1.03. The summed E-state index contributed by atoms with van der Waals surface area (Å²) < 4.78 is 7.51. The van der Waals surface area contributed by atoms with Gasteiger partial charge in [0.15, 0.2) is 5.13 Å². The van der Waals surface area contributed by atoms with E-state index in [1.54, 1.807) is 11.3 Å². The molecule has 1 saturated heterocycles. The zero-order valence-electron chi connectivity index (χ0n) is 15.2. The van der Waals surface area contributed by atoms with Gasteiger partial charge in [-0.2, -0.15) is 0 Å². The lowest BCUT2D eigenvalue weighted by atomic mass is 10.3. The van der Waals surface area contributed by atoms with Gasteiger partial charge in [-0.25, -0.2) is 4.98 Å². The minimum atomic E-state index is 0. The second-order valence-electron chi connectivity index (χ2n) is 6.35. The van der Waals surface area contributed by atoms with Crippen molar-refractivity contribution in [3.8, 4) is 0 Å². The molecule has 5 nitrogen and oxygen atoms in total. The number of carbonyl (C=O) groups excluding carboxylic acids is 1. The normalized spacial score (nSPS) is 14.8. The maximum absolute atomic E-state index is 13.1. The molecule has 28 heavy (non-hydrogen) atoms. The van der Waals surface area contributed by atoms with Gasteiger partial charge in [-0.15, -0.1) is 23.7 Å². The van der Waals surface area contributed by atoms with Gasteiger partial charge in [0.2, 0.25) is 0 Å². The maximum Gasteiger partial charge on any atom is 0.270 e. The van der Waals surface area contributed by atoms with Crippen LogP contribution in [0.25, 0.3) is 10.2 Å². The van der Waals surface area contributed by atoms with Gasteiger partial charge in [-0.1, -0.05) is 33.3 Å². The monoisotopic (exact) mass is 501 g/mol. The van der Waals surface area contributed by atoms with Crippen LogP contribution in [0.4, 0.5) is 5.13 Å². The molecule has 1 aromatic carbocycles. The van der Waals surface area contributed by atoms with E-state index >= 15 is 0 Å². The second kappa shape index (κ2) is 10.1. The van der Waals surface area contributed by atoms with E-state index in [2.05, 4.69) is 26.9 Å². The van der Waals surface area contributed by atoms with Crippen LogP contribution in [0.2, 0.25) is 0 Å². The van der Waals surface area contributed by atoms with E-state index in [1.165, 1.54) is 11.3 Å². The lowest BCUT2D eigenvalue weighted by Crippen LogP contribution is -2.39. The predicted molar refractivity (Wildman–Crippen MR) is 122 cm³/mol. The Kier molecular flexibility index (Phi) is 7.85. The Morgan fingerprint density at radius 1 is 1.29 bits per heavy atom. The van der Waals surface area contributed by atoms with Crippen molar-refractivity contribution in [2.75, 3.05) is 44.3 Å². The number of ether oxygens (including phenoxy) is 1. The van der Waals surface area contributed by atoms with E-state index in [-0.39, 0.29) is 18.3 Å². The Bertz CT molecular complexity index is 913. The zero-order chi connectivity index (χ0) is 18.6. The molecule has 0 aliphatic carbocycles. The summed E-state index contributed by atoms with van der Waals surface area (Å²) in [6.45, 7) is 5.15. The summed E-state index contributed by atoms with van der Waals surface area (Å²) in [5.41, 5.74) is 0.926. The molecule has 2 aromatic heterocycles. The molecule has 1 aliphatic rings. The summed E-state index contributed by atoms with van der Waals surface area (Å²) in [6, 6.07) is 9.82. The number of amides is 1. The highest BCUT2D eigenvalue weighted by molar-refractivity contribution is 9.10. The van der Waals surface area contributed by atoms with Gasteiger partial charge in [0.25, 0.3) is 5.91 Å². The smallest absolute Gasteiger partial charge is 0.270 e. The molecule has 150 valence electrons. The van der Waals surface area contributed by atoms with Gasteiger partial charge in [0, 0.05) is 30.7 Å². The molecule has 1 aliphatic heterocycles. The molecule has 4 rings (SSSR count). The Morgan fingerprint density at radius 3 is 2.86 bits per heavy atom. The Labute approximate surface area is 186 Å². The first kappa shape index (κ1) is 21.7. The molecule has 1 fully saturated rings. The number of nitrogens with zero attached hydrogens (tertiary/aromatic N) is 3. The first-order valence-electron chi connectivity index (χ1n) is 8.92. The van der Waals surface area contributed by atoms with Gasteiger partial charge in [0.05, 0.1) is 28.3 Å². The molecule has 0 radical (unpaired) electrons. The van der Waals surface area contributed by atoms with Crippen molar-refractivity contribution in [2.24, 2.45) is 0 Å². The number of aromatic nitrogens is 1. The largest absolute Gasteiger partial charge is 0.379 e. The summed E-state index contributed by atoms with van der Waals surface area (Å²) in [7, 11) is 0. The predicted octanol–water partition coefficient (Wildman–Crippen LogP) is 4.91. The second-order valence-corrected chi connectivity index (χ2v) is 9.22. The van der Waals surface area contributed by atoms with Crippen LogP contribution >= 0.6 is 51.0 Å². The first-order valence-corrected chi connectivity index (χ1v) is 11.4. The fourth-order valence-electron chi connectivity index (χ4n) is 3.10. The summed E-state index contributed by atoms with van der Waals surface area (Å²) in [6.07, 6.45) is 0.913. The number of halogens is 2. The lowest BCUT2D eigenvalue weighted by molar-refractivity contribution is 0.0376. The number of fused-ring (bicyclic) bond motifs is 1. The Balaban J connectivity index is 0.00000225. The van der Waals surface area contributed by atoms with E-state index in [4.69, 9.17) is 9.72 Å². The minimum absolute atomic E-state index is 0. The van der Waals surface area contributed by atoms with Crippen LogP contribution in [0.5, 0.6) is 0 Å². The SMILES string of the molecule is Cl.O=C(c1cccs1)N(CCCN1CCOCC1)c1nc2ccc(Br)cc2s1. The molecule has 1 amide bonds. The third-order valence-corrected chi connectivity index (χ3v) is 6.90. The molecule has 9 heteroatoms. The summed E-state index contributed by atoms with van der Waals surface area (Å²) >= 11 is 6.55. The van der Waals surface area contributed by atoms with Crippen LogP contribution in [0, 0.1) is 0 Å². The highest BCUT2D eigenvalue weighted by atomic mass is 79.9. The number of anilines is 1. The fraction of sp³-hybridized carbons (Fsp3) is 0.368. The van der Waals surface area contributed by atoms with Crippen LogP contribution in [0.3, 0.4) is 0 Å². The van der Waals surface area contributed by atoms with Crippen LogP contribution in [-0.2, 0) is 4.74 Å². The van der Waals surface area contributed by atoms with Gasteiger partial charge in [0.1, 0.15) is 0 Å². The zero-order valence-corrected chi connectivity index (χ0v) is 19.2. The van der Waals surface area contributed by atoms with E-state index in [0.29, 0.717) is 6.54 Å². The summed E-state index contributed by atoms with van der Waals surface area (Å²) in [5.74, 6) is 0.0325. The highest BCUT2D eigenvalue weighted by Gasteiger charge is 2.22. The molecular weight excluding hydrogens is 482 g/mol. The summed E-state index contributed by atoms with van der Waals surface area (Å²) in [4.78, 5) is 22.8. The maximum atomic E-state index is 13.1. The lowest BCUT2D eigenvalue weighted by Gasteiger charge is -2.27. The molecule has 0 bridgehead atoms. The number of thiophene rings is 1. The fourth-order valence-corrected chi connectivity index (χ4v) is 5.31. The van der Waals surface area contributed by atoms with E-state index in [9.17, 15) is 4.79 Å². The molecule has 0 atom stereocenters. The van der Waals surface area contributed by atoms with Gasteiger partial charge in [-0.3, -0.25) is 14.6 Å². The van der Waals surface area contributed by atoms with E-state index in [0.717, 1.165) is 64.0 Å². The number of hydrogen-bond acceptors (Lipinski definition) is 6. The number of rotatable bonds is 6. The number of hydrogen-bond donors (Lipinski definition) is 0. The van der Waals surface area contributed by atoms with Gasteiger partial charge >= 0.3 is 0 Å². The van der Waals surface area contributed by atoms with Crippen LogP contribution in [0.15, 0.2) is 40.2 Å². The molecule has 3 aromatic rings. The first-order chi connectivity index (χ1) is 13.2. The highest BCUT2D eigenvalue weighted by Crippen LogP contribution is 2.32. The average Bonchev–Trinajstić information content (AvgIpc) is 3.35. The minimum Gasteiger partial charge on any atom is -0.379 e.